The summed E-state index contributed by atoms with van der Waals surface area (Å²) in [5.41, 5.74) is 3.86. The molecule has 3 rings (SSSR count). The van der Waals surface area contributed by atoms with Crippen LogP contribution in [0.25, 0.3) is 0 Å². The molecule has 0 saturated heterocycles. The molecular weight excluding hydrogens is 366 g/mol. The highest BCUT2D eigenvalue weighted by molar-refractivity contribution is 5.77. The van der Waals surface area contributed by atoms with Crippen molar-refractivity contribution >= 4 is 5.91 Å². The Morgan fingerprint density at radius 3 is 2.45 bits per heavy atom. The number of carbonyl (C=O) groups excluding carboxylic acids is 1. The van der Waals surface area contributed by atoms with E-state index in [1.54, 1.807) is 0 Å². The maximum Gasteiger partial charge on any atom is 0.257 e. The summed E-state index contributed by atoms with van der Waals surface area (Å²) in [7, 11) is 0. The van der Waals surface area contributed by atoms with Crippen LogP contribution in [0.15, 0.2) is 36.4 Å². The largest absolute Gasteiger partial charge is 0.490 e. The van der Waals surface area contributed by atoms with Gasteiger partial charge in [0.1, 0.15) is 5.75 Å². The molecule has 0 fully saturated rings. The first-order chi connectivity index (χ1) is 14.2. The number of hydrogen-bond acceptors (Lipinski definition) is 4. The summed E-state index contributed by atoms with van der Waals surface area (Å²) in [4.78, 5) is 12.1. The molecule has 1 amide bonds. The Morgan fingerprint density at radius 1 is 0.897 bits per heavy atom. The highest BCUT2D eigenvalue weighted by Crippen LogP contribution is 2.28. The molecule has 29 heavy (non-hydrogen) atoms. The van der Waals surface area contributed by atoms with E-state index < -0.39 is 0 Å². The second-order valence-electron chi connectivity index (χ2n) is 7.17. The second-order valence-corrected chi connectivity index (χ2v) is 7.17. The number of ether oxygens (including phenoxy) is 3. The Kier molecular flexibility index (Phi) is 7.79. The fourth-order valence-electron chi connectivity index (χ4n) is 3.60. The maximum atomic E-state index is 12.1. The first kappa shape index (κ1) is 21.0. The van der Waals surface area contributed by atoms with Gasteiger partial charge in [0.2, 0.25) is 0 Å². The van der Waals surface area contributed by atoms with Crippen LogP contribution in [-0.2, 0) is 24.1 Å². The van der Waals surface area contributed by atoms with Crippen molar-refractivity contribution in [3.63, 3.8) is 0 Å². The van der Waals surface area contributed by atoms with Crippen molar-refractivity contribution in [1.29, 1.82) is 0 Å². The van der Waals surface area contributed by atoms with Crippen molar-refractivity contribution in [2.24, 2.45) is 0 Å². The quantitative estimate of drug-likeness (QED) is 0.656. The first-order valence-electron chi connectivity index (χ1n) is 10.6. The van der Waals surface area contributed by atoms with E-state index in [1.807, 2.05) is 38.1 Å². The Balaban J connectivity index is 1.44. The number of carbonyl (C=O) groups is 1. The van der Waals surface area contributed by atoms with Crippen LogP contribution in [0.1, 0.15) is 43.4 Å². The summed E-state index contributed by atoms with van der Waals surface area (Å²) >= 11 is 0. The van der Waals surface area contributed by atoms with Gasteiger partial charge in [-0.15, -0.1) is 0 Å². The molecule has 5 heteroatoms. The normalized spacial score (nSPS) is 12.8. The summed E-state index contributed by atoms with van der Waals surface area (Å²) < 4.78 is 16.9. The molecule has 0 radical (unpaired) electrons. The van der Waals surface area contributed by atoms with Gasteiger partial charge < -0.3 is 19.5 Å². The summed E-state index contributed by atoms with van der Waals surface area (Å²) in [6, 6.07) is 12.1. The van der Waals surface area contributed by atoms with Crippen LogP contribution in [0.5, 0.6) is 17.2 Å². The van der Waals surface area contributed by atoms with Crippen LogP contribution in [0, 0.1) is 0 Å². The molecule has 2 aromatic rings. The molecule has 1 aliphatic rings. The molecule has 0 atom stereocenters. The lowest BCUT2D eigenvalue weighted by Gasteiger charge is -2.16. The van der Waals surface area contributed by atoms with E-state index in [-0.39, 0.29) is 12.5 Å². The SMILES string of the molecule is CCOc1ccc(CCNC(=O)COc2ccc3c(c2)CCCC3)cc1OCC. The number of amides is 1. The summed E-state index contributed by atoms with van der Waals surface area (Å²) in [6.07, 6.45) is 5.46. The van der Waals surface area contributed by atoms with Gasteiger partial charge in [0.05, 0.1) is 13.2 Å². The molecule has 0 saturated carbocycles. The van der Waals surface area contributed by atoms with Gasteiger partial charge in [-0.05, 0) is 86.9 Å². The minimum Gasteiger partial charge on any atom is -0.490 e. The molecule has 0 bridgehead atoms. The third-order valence-corrected chi connectivity index (χ3v) is 5.03. The lowest BCUT2D eigenvalue weighted by molar-refractivity contribution is -0.123. The maximum absolute atomic E-state index is 12.1. The van der Waals surface area contributed by atoms with Crippen molar-refractivity contribution in [1.82, 2.24) is 5.32 Å². The Hall–Kier alpha value is -2.69. The third-order valence-electron chi connectivity index (χ3n) is 5.03. The van der Waals surface area contributed by atoms with E-state index in [1.165, 1.54) is 24.0 Å². The molecule has 156 valence electrons. The lowest BCUT2D eigenvalue weighted by Crippen LogP contribution is -2.30. The van der Waals surface area contributed by atoms with Gasteiger partial charge in [0, 0.05) is 6.54 Å². The van der Waals surface area contributed by atoms with Crippen LogP contribution in [0.4, 0.5) is 0 Å². The van der Waals surface area contributed by atoms with Crippen molar-refractivity contribution in [3.05, 3.63) is 53.1 Å². The molecule has 0 spiro atoms. The van der Waals surface area contributed by atoms with Gasteiger partial charge in [-0.1, -0.05) is 12.1 Å². The first-order valence-corrected chi connectivity index (χ1v) is 10.6. The lowest BCUT2D eigenvalue weighted by atomic mass is 9.92. The van der Waals surface area contributed by atoms with Gasteiger partial charge in [-0.25, -0.2) is 0 Å². The van der Waals surface area contributed by atoms with Gasteiger partial charge in [-0.3, -0.25) is 4.79 Å². The second kappa shape index (κ2) is 10.7. The van der Waals surface area contributed by atoms with Gasteiger partial charge in [0.15, 0.2) is 18.1 Å². The molecule has 2 aromatic carbocycles. The van der Waals surface area contributed by atoms with Crippen molar-refractivity contribution < 1.29 is 19.0 Å². The molecule has 0 aliphatic heterocycles. The monoisotopic (exact) mass is 397 g/mol. The zero-order chi connectivity index (χ0) is 20.5. The molecule has 1 aliphatic carbocycles. The third kappa shape index (κ3) is 6.14. The minimum absolute atomic E-state index is 0.0340. The summed E-state index contributed by atoms with van der Waals surface area (Å²) in [6.45, 7) is 5.66. The van der Waals surface area contributed by atoms with E-state index in [0.717, 1.165) is 42.1 Å². The molecule has 5 nitrogen and oxygen atoms in total. The van der Waals surface area contributed by atoms with Gasteiger partial charge in [0.25, 0.3) is 5.91 Å². The van der Waals surface area contributed by atoms with Gasteiger partial charge >= 0.3 is 0 Å². The fraction of sp³-hybridized carbons (Fsp3) is 0.458. The van der Waals surface area contributed by atoms with Gasteiger partial charge in [-0.2, -0.15) is 0 Å². The summed E-state index contributed by atoms with van der Waals surface area (Å²) in [5.74, 6) is 2.15. The van der Waals surface area contributed by atoms with Crippen LogP contribution in [0.2, 0.25) is 0 Å². The number of nitrogens with one attached hydrogen (secondary N) is 1. The number of aryl methyl sites for hydroxylation is 2. The smallest absolute Gasteiger partial charge is 0.257 e. The highest BCUT2D eigenvalue weighted by Gasteiger charge is 2.11. The molecule has 0 unspecified atom stereocenters. The van der Waals surface area contributed by atoms with E-state index in [2.05, 4.69) is 17.4 Å². The molecular formula is C24H31NO4. The molecule has 1 N–H and O–H groups in total. The van der Waals surface area contributed by atoms with Crippen molar-refractivity contribution in [2.75, 3.05) is 26.4 Å². The van der Waals surface area contributed by atoms with Crippen LogP contribution in [-0.4, -0.2) is 32.3 Å². The average molecular weight is 398 g/mol. The van der Waals surface area contributed by atoms with Crippen LogP contribution < -0.4 is 19.5 Å². The number of hydrogen-bond donors (Lipinski definition) is 1. The average Bonchev–Trinajstić information content (AvgIpc) is 2.74. The molecule has 0 heterocycles. The Morgan fingerprint density at radius 2 is 1.66 bits per heavy atom. The zero-order valence-corrected chi connectivity index (χ0v) is 17.5. The zero-order valence-electron chi connectivity index (χ0n) is 17.5. The van der Waals surface area contributed by atoms with Crippen LogP contribution in [0.3, 0.4) is 0 Å². The fourth-order valence-corrected chi connectivity index (χ4v) is 3.60. The highest BCUT2D eigenvalue weighted by atomic mass is 16.5. The standard InChI is InChI=1S/C24H31NO4/c1-3-27-22-12-9-18(15-23(22)28-4-2)13-14-25-24(26)17-29-21-11-10-19-7-5-6-8-20(19)16-21/h9-12,15-16H,3-8,13-14,17H2,1-2H3,(H,25,26). The van der Waals surface area contributed by atoms with Crippen molar-refractivity contribution in [2.45, 2.75) is 46.0 Å². The number of fused-ring (bicyclic) bond motifs is 1. The number of rotatable bonds is 10. The number of benzene rings is 2. The Bertz CT molecular complexity index is 819. The van der Waals surface area contributed by atoms with E-state index in [0.29, 0.717) is 19.8 Å². The van der Waals surface area contributed by atoms with E-state index in [9.17, 15) is 4.79 Å². The topological polar surface area (TPSA) is 56.8 Å². The minimum atomic E-state index is -0.112. The van der Waals surface area contributed by atoms with Crippen molar-refractivity contribution in [3.8, 4) is 17.2 Å². The van der Waals surface area contributed by atoms with Crippen LogP contribution >= 0.6 is 0 Å². The van der Waals surface area contributed by atoms with E-state index in [4.69, 9.17) is 14.2 Å². The predicted molar refractivity (Wildman–Crippen MR) is 114 cm³/mol. The Labute approximate surface area is 173 Å². The molecule has 0 aromatic heterocycles. The predicted octanol–water partition coefficient (Wildman–Crippen LogP) is 4.10. The summed E-state index contributed by atoms with van der Waals surface area (Å²) in [5, 5.41) is 2.92. The van der Waals surface area contributed by atoms with E-state index >= 15 is 0 Å².